The Morgan fingerprint density at radius 3 is 2.95 bits per heavy atom. The van der Waals surface area contributed by atoms with Gasteiger partial charge in [-0.25, -0.2) is 12.7 Å². The summed E-state index contributed by atoms with van der Waals surface area (Å²) in [5, 5.41) is 8.76. The molecule has 6 heteroatoms. The molecule has 0 aliphatic carbocycles. The minimum Gasteiger partial charge on any atom is -0.494 e. The monoisotopic (exact) mass is 280 g/mol. The van der Waals surface area contributed by atoms with E-state index in [0.717, 1.165) is 0 Å². The summed E-state index contributed by atoms with van der Waals surface area (Å²) in [6.45, 7) is 1.56. The predicted molar refractivity (Wildman–Crippen MR) is 71.2 cm³/mol. The lowest BCUT2D eigenvalue weighted by Gasteiger charge is -2.14. The van der Waals surface area contributed by atoms with Gasteiger partial charge in [0, 0.05) is 13.1 Å². The maximum atomic E-state index is 11.6. The molecular weight excluding hydrogens is 264 g/mol. The molecule has 1 heterocycles. The van der Waals surface area contributed by atoms with Crippen molar-refractivity contribution >= 4 is 10.0 Å². The molecule has 1 aromatic rings. The van der Waals surface area contributed by atoms with E-state index in [9.17, 15) is 8.42 Å². The van der Waals surface area contributed by atoms with Crippen molar-refractivity contribution in [1.82, 2.24) is 4.31 Å². The van der Waals surface area contributed by atoms with Crippen molar-refractivity contribution in [3.63, 3.8) is 0 Å². The van der Waals surface area contributed by atoms with Crippen molar-refractivity contribution in [2.75, 3.05) is 25.4 Å². The fourth-order valence-electron chi connectivity index (χ4n) is 2.03. The minimum absolute atomic E-state index is 0.262. The highest BCUT2D eigenvalue weighted by Gasteiger charge is 2.27. The highest BCUT2D eigenvalue weighted by molar-refractivity contribution is 7.89. The molecule has 2 rings (SSSR count). The minimum atomic E-state index is -3.01. The molecule has 0 atom stereocenters. The van der Waals surface area contributed by atoms with Crippen LogP contribution in [0.25, 0.3) is 0 Å². The molecule has 0 aromatic heterocycles. The summed E-state index contributed by atoms with van der Waals surface area (Å²) in [4.78, 5) is 0. The lowest BCUT2D eigenvalue weighted by molar-refractivity contribution is 0.292. The summed E-state index contributed by atoms with van der Waals surface area (Å²) in [7, 11) is -3.01. The Hall–Kier alpha value is -1.58. The van der Waals surface area contributed by atoms with Gasteiger partial charge in [-0.2, -0.15) is 5.26 Å². The van der Waals surface area contributed by atoms with E-state index in [4.69, 9.17) is 10.00 Å². The zero-order chi connectivity index (χ0) is 13.7. The van der Waals surface area contributed by atoms with E-state index < -0.39 is 10.0 Å². The van der Waals surface area contributed by atoms with E-state index in [2.05, 4.69) is 0 Å². The maximum Gasteiger partial charge on any atom is 0.214 e. The van der Waals surface area contributed by atoms with Crippen molar-refractivity contribution in [3.05, 3.63) is 29.8 Å². The molecule has 0 saturated carbocycles. The van der Waals surface area contributed by atoms with Crippen molar-refractivity contribution in [1.29, 1.82) is 5.26 Å². The average molecular weight is 280 g/mol. The van der Waals surface area contributed by atoms with Gasteiger partial charge in [0.2, 0.25) is 10.0 Å². The molecule has 0 radical (unpaired) electrons. The van der Waals surface area contributed by atoms with Crippen LogP contribution in [0.3, 0.4) is 0 Å². The van der Waals surface area contributed by atoms with E-state index in [0.29, 0.717) is 43.9 Å². The Labute approximate surface area is 113 Å². The Morgan fingerprint density at radius 1 is 1.42 bits per heavy atom. The molecule has 0 spiro atoms. The molecule has 1 aliphatic rings. The third kappa shape index (κ3) is 3.69. The molecule has 1 fully saturated rings. The predicted octanol–water partition coefficient (Wildman–Crippen LogP) is 1.36. The number of hydrogen-bond acceptors (Lipinski definition) is 4. The smallest absolute Gasteiger partial charge is 0.214 e. The van der Waals surface area contributed by atoms with Crippen LogP contribution in [0.4, 0.5) is 0 Å². The first kappa shape index (κ1) is 13.8. The van der Waals surface area contributed by atoms with Crippen LogP contribution in [0.2, 0.25) is 0 Å². The molecule has 0 N–H and O–H groups in total. The van der Waals surface area contributed by atoms with Crippen LogP contribution in [0.5, 0.6) is 5.75 Å². The van der Waals surface area contributed by atoms with Crippen LogP contribution >= 0.6 is 0 Å². The third-order valence-corrected chi connectivity index (χ3v) is 4.94. The SMILES string of the molecule is N#Cc1cccc(OCCCN2CCCS2(=O)=O)c1. The van der Waals surface area contributed by atoms with Gasteiger partial charge in [0.05, 0.1) is 24.0 Å². The molecule has 5 nitrogen and oxygen atoms in total. The van der Waals surface area contributed by atoms with E-state index in [1.165, 1.54) is 4.31 Å². The molecule has 0 amide bonds. The van der Waals surface area contributed by atoms with Gasteiger partial charge >= 0.3 is 0 Å². The number of nitrogens with zero attached hydrogens (tertiary/aromatic N) is 2. The zero-order valence-corrected chi connectivity index (χ0v) is 11.4. The standard InChI is InChI=1S/C13H16N2O3S/c14-11-12-4-1-5-13(10-12)18-8-2-6-15-7-3-9-19(15,16)17/h1,4-5,10H,2-3,6-9H2. The first-order valence-corrected chi connectivity index (χ1v) is 7.83. The average Bonchev–Trinajstić information content (AvgIpc) is 2.74. The fraction of sp³-hybridized carbons (Fsp3) is 0.462. The number of hydrogen-bond donors (Lipinski definition) is 0. The Balaban J connectivity index is 1.77. The molecule has 1 aliphatic heterocycles. The molecule has 1 saturated heterocycles. The lowest BCUT2D eigenvalue weighted by Crippen LogP contribution is -2.27. The van der Waals surface area contributed by atoms with Crippen molar-refractivity contribution in [2.45, 2.75) is 12.8 Å². The number of ether oxygens (including phenoxy) is 1. The number of nitriles is 1. The van der Waals surface area contributed by atoms with Gasteiger partial charge < -0.3 is 4.74 Å². The number of sulfonamides is 1. The van der Waals surface area contributed by atoms with E-state index >= 15 is 0 Å². The van der Waals surface area contributed by atoms with Gasteiger partial charge in [-0.05, 0) is 31.0 Å². The molecule has 19 heavy (non-hydrogen) atoms. The Bertz CT molecular complexity index is 578. The van der Waals surface area contributed by atoms with Crippen LogP contribution in [-0.4, -0.2) is 38.2 Å². The van der Waals surface area contributed by atoms with Gasteiger partial charge in [0.15, 0.2) is 0 Å². The van der Waals surface area contributed by atoms with Crippen molar-refractivity contribution < 1.29 is 13.2 Å². The number of rotatable bonds is 5. The van der Waals surface area contributed by atoms with Crippen LogP contribution in [0.1, 0.15) is 18.4 Å². The van der Waals surface area contributed by atoms with Crippen molar-refractivity contribution in [3.8, 4) is 11.8 Å². The van der Waals surface area contributed by atoms with E-state index in [1.54, 1.807) is 24.3 Å². The lowest BCUT2D eigenvalue weighted by atomic mass is 10.2. The van der Waals surface area contributed by atoms with Crippen LogP contribution < -0.4 is 4.74 Å². The van der Waals surface area contributed by atoms with Gasteiger partial charge in [-0.3, -0.25) is 0 Å². The first-order valence-electron chi connectivity index (χ1n) is 6.22. The quantitative estimate of drug-likeness (QED) is 0.764. The third-order valence-electron chi connectivity index (χ3n) is 2.99. The second-order valence-electron chi connectivity index (χ2n) is 4.41. The molecule has 1 aromatic carbocycles. The van der Waals surface area contributed by atoms with E-state index in [1.807, 2.05) is 6.07 Å². The van der Waals surface area contributed by atoms with Gasteiger partial charge in [-0.15, -0.1) is 0 Å². The highest BCUT2D eigenvalue weighted by Crippen LogP contribution is 2.15. The van der Waals surface area contributed by atoms with Crippen LogP contribution in [0.15, 0.2) is 24.3 Å². The summed E-state index contributed by atoms with van der Waals surface area (Å²) >= 11 is 0. The van der Waals surface area contributed by atoms with Crippen LogP contribution in [-0.2, 0) is 10.0 Å². The van der Waals surface area contributed by atoms with Crippen molar-refractivity contribution in [2.24, 2.45) is 0 Å². The second kappa shape index (κ2) is 6.04. The second-order valence-corrected chi connectivity index (χ2v) is 6.50. The Kier molecular flexibility index (Phi) is 4.40. The zero-order valence-electron chi connectivity index (χ0n) is 10.6. The number of benzene rings is 1. The summed E-state index contributed by atoms with van der Waals surface area (Å²) in [5.41, 5.74) is 0.555. The summed E-state index contributed by atoms with van der Waals surface area (Å²) in [5.74, 6) is 0.904. The normalized spacial score (nSPS) is 18.1. The molecule has 0 bridgehead atoms. The largest absolute Gasteiger partial charge is 0.494 e. The summed E-state index contributed by atoms with van der Waals surface area (Å²) in [6.07, 6.45) is 1.36. The van der Waals surface area contributed by atoms with Gasteiger partial charge in [0.1, 0.15) is 5.75 Å². The van der Waals surface area contributed by atoms with E-state index in [-0.39, 0.29) is 5.75 Å². The fourth-order valence-corrected chi connectivity index (χ4v) is 3.60. The summed E-state index contributed by atoms with van der Waals surface area (Å²) < 4.78 is 30.1. The van der Waals surface area contributed by atoms with Gasteiger partial charge in [-0.1, -0.05) is 6.07 Å². The molecule has 0 unspecified atom stereocenters. The first-order chi connectivity index (χ1) is 9.12. The maximum absolute atomic E-state index is 11.6. The molecule has 102 valence electrons. The highest BCUT2D eigenvalue weighted by atomic mass is 32.2. The van der Waals surface area contributed by atoms with Gasteiger partial charge in [0.25, 0.3) is 0 Å². The Morgan fingerprint density at radius 2 is 2.26 bits per heavy atom. The van der Waals surface area contributed by atoms with Crippen LogP contribution in [0, 0.1) is 11.3 Å². The molecular formula is C13H16N2O3S. The summed E-state index contributed by atoms with van der Waals surface area (Å²) in [6, 6.07) is 8.98. The topological polar surface area (TPSA) is 70.4 Å².